The van der Waals surface area contributed by atoms with Crippen LogP contribution in [-0.4, -0.2) is 63.7 Å². The number of hydrogen-bond acceptors (Lipinski definition) is 5. The Morgan fingerprint density at radius 1 is 1.03 bits per heavy atom. The number of carbonyl (C=O) groups is 2. The van der Waals surface area contributed by atoms with Crippen molar-refractivity contribution < 1.29 is 22.7 Å². The van der Waals surface area contributed by atoms with Crippen LogP contribution in [0.5, 0.6) is 5.75 Å². The number of amides is 2. The van der Waals surface area contributed by atoms with Gasteiger partial charge in [0, 0.05) is 13.1 Å². The van der Waals surface area contributed by atoms with Crippen molar-refractivity contribution in [3.05, 3.63) is 60.2 Å². The molecule has 1 N–H and O–H groups in total. The maximum atomic E-state index is 13.5. The molecular formula is C26H37N3O5S. The molecule has 0 unspecified atom stereocenters. The quantitative estimate of drug-likeness (QED) is 0.400. The number of nitrogens with one attached hydrogen (secondary N) is 1. The number of carbonyl (C=O) groups excluding carboxylic acids is 2. The zero-order chi connectivity index (χ0) is 25.8. The summed E-state index contributed by atoms with van der Waals surface area (Å²) < 4.78 is 32.1. The van der Waals surface area contributed by atoms with Crippen molar-refractivity contribution in [2.75, 3.05) is 36.8 Å². The number of ether oxygens (including phenoxy) is 1. The summed E-state index contributed by atoms with van der Waals surface area (Å²) in [6, 6.07) is 15.6. The SMILES string of the molecule is CCCCNC(=O)[C@H](C)N(CCc1ccccc1)C(=O)CN(c1ccccc1OCC)S(C)(=O)=O. The first-order chi connectivity index (χ1) is 16.7. The van der Waals surface area contributed by atoms with Crippen molar-refractivity contribution in [3.63, 3.8) is 0 Å². The Kier molecular flexibility index (Phi) is 11.0. The molecule has 0 aliphatic carbocycles. The van der Waals surface area contributed by atoms with Gasteiger partial charge in [0.25, 0.3) is 0 Å². The van der Waals surface area contributed by atoms with Crippen molar-refractivity contribution in [2.45, 2.75) is 46.1 Å². The smallest absolute Gasteiger partial charge is 0.244 e. The number of benzene rings is 2. The fourth-order valence-electron chi connectivity index (χ4n) is 3.64. The van der Waals surface area contributed by atoms with Crippen LogP contribution in [0.15, 0.2) is 54.6 Å². The van der Waals surface area contributed by atoms with Crippen LogP contribution in [0.4, 0.5) is 5.69 Å². The fraction of sp³-hybridized carbons (Fsp3) is 0.462. The summed E-state index contributed by atoms with van der Waals surface area (Å²) in [5.74, 6) is -0.356. The standard InChI is InChI=1S/C26H37N3O5S/c1-5-7-18-27-26(31)21(3)28(19-17-22-13-9-8-10-14-22)25(30)20-29(35(4,32)33)23-15-11-12-16-24(23)34-6-2/h8-16,21H,5-7,17-20H2,1-4H3,(H,27,31)/t21-/m0/s1. The molecule has 2 aromatic carbocycles. The third-order valence-corrected chi connectivity index (χ3v) is 6.72. The van der Waals surface area contributed by atoms with E-state index in [9.17, 15) is 18.0 Å². The van der Waals surface area contributed by atoms with Gasteiger partial charge in [0.05, 0.1) is 18.6 Å². The van der Waals surface area contributed by atoms with Crippen molar-refractivity contribution in [1.29, 1.82) is 0 Å². The monoisotopic (exact) mass is 503 g/mol. The molecule has 35 heavy (non-hydrogen) atoms. The molecule has 0 spiro atoms. The average molecular weight is 504 g/mol. The van der Waals surface area contributed by atoms with E-state index in [1.807, 2.05) is 37.3 Å². The van der Waals surface area contributed by atoms with Crippen LogP contribution in [0.2, 0.25) is 0 Å². The summed E-state index contributed by atoms with van der Waals surface area (Å²) in [6.45, 7) is 6.21. The zero-order valence-electron chi connectivity index (χ0n) is 21.1. The number of sulfonamides is 1. The predicted octanol–water partition coefficient (Wildman–Crippen LogP) is 3.23. The third-order valence-electron chi connectivity index (χ3n) is 5.59. The van der Waals surface area contributed by atoms with Gasteiger partial charge in [-0.15, -0.1) is 0 Å². The summed E-state index contributed by atoms with van der Waals surface area (Å²) in [4.78, 5) is 27.8. The van der Waals surface area contributed by atoms with E-state index >= 15 is 0 Å². The molecule has 0 saturated carbocycles. The third kappa shape index (κ3) is 8.58. The van der Waals surface area contributed by atoms with Gasteiger partial charge in [-0.25, -0.2) is 8.42 Å². The van der Waals surface area contributed by atoms with Gasteiger partial charge in [0.2, 0.25) is 21.8 Å². The predicted molar refractivity (Wildman–Crippen MR) is 139 cm³/mol. The second kappa shape index (κ2) is 13.7. The van der Waals surface area contributed by atoms with Gasteiger partial charge in [0.1, 0.15) is 18.3 Å². The van der Waals surface area contributed by atoms with Crippen molar-refractivity contribution in [2.24, 2.45) is 0 Å². The van der Waals surface area contributed by atoms with Crippen LogP contribution < -0.4 is 14.4 Å². The lowest BCUT2D eigenvalue weighted by molar-refractivity contribution is -0.138. The van der Waals surface area contributed by atoms with Crippen molar-refractivity contribution in [1.82, 2.24) is 10.2 Å². The Bertz CT molecular complexity index is 1060. The molecule has 1 atom stereocenters. The highest BCUT2D eigenvalue weighted by Gasteiger charge is 2.30. The summed E-state index contributed by atoms with van der Waals surface area (Å²) in [7, 11) is -3.81. The van der Waals surface area contributed by atoms with Gasteiger partial charge in [0.15, 0.2) is 0 Å². The average Bonchev–Trinajstić information content (AvgIpc) is 2.83. The Morgan fingerprint density at radius 2 is 1.69 bits per heavy atom. The molecule has 0 aliphatic rings. The normalized spacial score (nSPS) is 12.0. The summed E-state index contributed by atoms with van der Waals surface area (Å²) in [5, 5.41) is 2.87. The van der Waals surface area contributed by atoms with E-state index < -0.39 is 28.5 Å². The first kappa shape index (κ1) is 28.2. The number of nitrogens with zero attached hydrogens (tertiary/aromatic N) is 2. The van der Waals surface area contributed by atoms with E-state index in [0.29, 0.717) is 25.3 Å². The maximum Gasteiger partial charge on any atom is 0.244 e. The number of rotatable bonds is 14. The van der Waals surface area contributed by atoms with Crippen LogP contribution in [0.3, 0.4) is 0 Å². The lowest BCUT2D eigenvalue weighted by atomic mass is 10.1. The summed E-state index contributed by atoms with van der Waals surface area (Å²) >= 11 is 0. The minimum absolute atomic E-state index is 0.263. The topological polar surface area (TPSA) is 96.0 Å². The molecule has 8 nitrogen and oxygen atoms in total. The molecule has 9 heteroatoms. The van der Waals surface area contributed by atoms with E-state index in [0.717, 1.165) is 29.0 Å². The Hall–Kier alpha value is -3.07. The van der Waals surface area contributed by atoms with E-state index in [2.05, 4.69) is 5.32 Å². The molecule has 0 bridgehead atoms. The minimum atomic E-state index is -3.81. The number of para-hydroxylation sites is 2. The molecule has 0 fully saturated rings. The molecule has 2 rings (SSSR count). The molecule has 0 heterocycles. The van der Waals surface area contributed by atoms with Crippen molar-refractivity contribution in [3.8, 4) is 5.75 Å². The van der Waals surface area contributed by atoms with Crippen LogP contribution in [0.1, 0.15) is 39.2 Å². The molecular weight excluding hydrogens is 466 g/mol. The van der Waals surface area contributed by atoms with E-state index in [1.165, 1.54) is 4.90 Å². The Balaban J connectivity index is 2.32. The molecule has 0 aliphatic heterocycles. The van der Waals surface area contributed by atoms with Crippen LogP contribution in [0, 0.1) is 0 Å². The first-order valence-corrected chi connectivity index (χ1v) is 13.8. The highest BCUT2D eigenvalue weighted by atomic mass is 32.2. The largest absolute Gasteiger partial charge is 0.492 e. The van der Waals surface area contributed by atoms with Crippen LogP contribution >= 0.6 is 0 Å². The van der Waals surface area contributed by atoms with Crippen LogP contribution in [-0.2, 0) is 26.0 Å². The van der Waals surface area contributed by atoms with E-state index in [4.69, 9.17) is 4.74 Å². The Morgan fingerprint density at radius 3 is 2.31 bits per heavy atom. The second-order valence-corrected chi connectivity index (χ2v) is 10.2. The summed E-state index contributed by atoms with van der Waals surface area (Å²) in [6.07, 6.45) is 3.37. The lowest BCUT2D eigenvalue weighted by Gasteiger charge is -2.32. The highest BCUT2D eigenvalue weighted by molar-refractivity contribution is 7.92. The minimum Gasteiger partial charge on any atom is -0.492 e. The summed E-state index contributed by atoms with van der Waals surface area (Å²) in [5.41, 5.74) is 1.30. The van der Waals surface area contributed by atoms with Gasteiger partial charge in [-0.3, -0.25) is 13.9 Å². The molecule has 0 saturated heterocycles. The van der Waals surface area contributed by atoms with E-state index in [-0.39, 0.29) is 18.1 Å². The zero-order valence-corrected chi connectivity index (χ0v) is 21.9. The van der Waals surface area contributed by atoms with Gasteiger partial charge in [-0.1, -0.05) is 55.8 Å². The Labute approximate surface area is 209 Å². The number of hydrogen-bond donors (Lipinski definition) is 1. The number of anilines is 1. The first-order valence-electron chi connectivity index (χ1n) is 12.0. The van der Waals surface area contributed by atoms with Gasteiger partial charge in [-0.2, -0.15) is 0 Å². The van der Waals surface area contributed by atoms with E-state index in [1.54, 1.807) is 38.1 Å². The lowest BCUT2D eigenvalue weighted by Crippen LogP contribution is -2.52. The molecule has 192 valence electrons. The maximum absolute atomic E-state index is 13.5. The second-order valence-electron chi connectivity index (χ2n) is 8.31. The van der Waals surface area contributed by atoms with Gasteiger partial charge < -0.3 is 15.0 Å². The van der Waals surface area contributed by atoms with Gasteiger partial charge in [-0.05, 0) is 44.4 Å². The van der Waals surface area contributed by atoms with Crippen molar-refractivity contribution >= 4 is 27.5 Å². The van der Waals surface area contributed by atoms with Crippen LogP contribution in [0.25, 0.3) is 0 Å². The van der Waals surface area contributed by atoms with Gasteiger partial charge >= 0.3 is 0 Å². The molecule has 2 aromatic rings. The highest BCUT2D eigenvalue weighted by Crippen LogP contribution is 2.30. The molecule has 2 amide bonds. The molecule has 0 radical (unpaired) electrons. The fourth-order valence-corrected chi connectivity index (χ4v) is 4.49. The molecule has 0 aromatic heterocycles. The number of unbranched alkanes of at least 4 members (excludes halogenated alkanes) is 1.